The standard InChI is InChI=1S/C33H40O2/c1-3-5-7-8-10-12-28-19-23-31(24-20-28)33(34)35-32-25-21-30(22-26-32)18-17-29-15-13-27(14-16-29)11-9-6-4-2/h13-16,21-22,25-26,28,31H,3-8,10,12,19-20,23-24H2,1-2H3/t28-,31-. The van der Waals surface area contributed by atoms with E-state index in [0.29, 0.717) is 5.75 Å². The molecule has 0 radical (unpaired) electrons. The third-order valence-electron chi connectivity index (χ3n) is 6.81. The molecule has 0 aliphatic heterocycles. The molecule has 0 heterocycles. The van der Waals surface area contributed by atoms with Gasteiger partial charge in [0.25, 0.3) is 0 Å². The Bertz CT molecular complexity index is 1020. The van der Waals surface area contributed by atoms with E-state index in [2.05, 4.69) is 37.5 Å². The summed E-state index contributed by atoms with van der Waals surface area (Å²) in [5.41, 5.74) is 2.88. The first-order valence-corrected chi connectivity index (χ1v) is 13.6. The Balaban J connectivity index is 1.42. The minimum Gasteiger partial charge on any atom is -0.426 e. The molecule has 0 aromatic heterocycles. The van der Waals surface area contributed by atoms with E-state index >= 15 is 0 Å². The highest BCUT2D eigenvalue weighted by atomic mass is 16.5. The summed E-state index contributed by atoms with van der Waals surface area (Å²) in [5, 5.41) is 0. The van der Waals surface area contributed by atoms with Gasteiger partial charge in [-0.3, -0.25) is 4.79 Å². The number of carbonyl (C=O) groups excluding carboxylic acids is 1. The Hall–Kier alpha value is -2.97. The van der Waals surface area contributed by atoms with Gasteiger partial charge in [-0.2, -0.15) is 0 Å². The van der Waals surface area contributed by atoms with Crippen molar-refractivity contribution in [1.29, 1.82) is 0 Å². The third-order valence-corrected chi connectivity index (χ3v) is 6.81. The molecule has 0 N–H and O–H groups in total. The lowest BCUT2D eigenvalue weighted by Crippen LogP contribution is -2.25. The average Bonchev–Trinajstić information content (AvgIpc) is 2.89. The Morgan fingerprint density at radius 2 is 1.31 bits per heavy atom. The van der Waals surface area contributed by atoms with Crippen LogP contribution in [-0.4, -0.2) is 5.97 Å². The predicted octanol–water partition coefficient (Wildman–Crippen LogP) is 8.31. The van der Waals surface area contributed by atoms with E-state index < -0.39 is 0 Å². The van der Waals surface area contributed by atoms with E-state index in [9.17, 15) is 4.79 Å². The zero-order valence-electron chi connectivity index (χ0n) is 21.6. The Kier molecular flexibility index (Phi) is 11.5. The van der Waals surface area contributed by atoms with Crippen molar-refractivity contribution in [2.45, 2.75) is 90.9 Å². The number of unbranched alkanes of at least 4 members (excludes halogenated alkanes) is 5. The molecular weight excluding hydrogens is 428 g/mol. The van der Waals surface area contributed by atoms with Crippen molar-refractivity contribution in [3.8, 4) is 29.4 Å². The number of rotatable bonds is 9. The second-order valence-corrected chi connectivity index (χ2v) is 9.75. The molecule has 1 aliphatic carbocycles. The zero-order chi connectivity index (χ0) is 24.7. The van der Waals surface area contributed by atoms with Gasteiger partial charge in [-0.1, -0.05) is 76.1 Å². The fraction of sp³-hybridized carbons (Fsp3) is 0.485. The molecule has 184 valence electrons. The molecule has 0 unspecified atom stereocenters. The monoisotopic (exact) mass is 468 g/mol. The van der Waals surface area contributed by atoms with Crippen molar-refractivity contribution in [1.82, 2.24) is 0 Å². The fourth-order valence-electron chi connectivity index (χ4n) is 4.60. The highest BCUT2D eigenvalue weighted by Crippen LogP contribution is 2.33. The second-order valence-electron chi connectivity index (χ2n) is 9.75. The van der Waals surface area contributed by atoms with E-state index in [1.807, 2.05) is 48.5 Å². The van der Waals surface area contributed by atoms with Gasteiger partial charge in [-0.25, -0.2) is 0 Å². The van der Waals surface area contributed by atoms with Crippen LogP contribution in [0.4, 0.5) is 0 Å². The van der Waals surface area contributed by atoms with Gasteiger partial charge >= 0.3 is 5.97 Å². The maximum atomic E-state index is 12.7. The minimum absolute atomic E-state index is 0.0421. The van der Waals surface area contributed by atoms with Crippen molar-refractivity contribution in [3.05, 3.63) is 65.2 Å². The number of ether oxygens (including phenoxy) is 1. The summed E-state index contributed by atoms with van der Waals surface area (Å²) in [5.74, 6) is 14.1. The third kappa shape index (κ3) is 9.66. The summed E-state index contributed by atoms with van der Waals surface area (Å²) in [7, 11) is 0. The van der Waals surface area contributed by atoms with Gasteiger partial charge in [-0.15, -0.1) is 0 Å². The van der Waals surface area contributed by atoms with Gasteiger partial charge in [0, 0.05) is 23.1 Å². The minimum atomic E-state index is -0.0765. The normalized spacial score (nSPS) is 17.0. The van der Waals surface area contributed by atoms with Crippen molar-refractivity contribution in [2.75, 3.05) is 0 Å². The molecule has 0 bridgehead atoms. The molecule has 1 saturated carbocycles. The van der Waals surface area contributed by atoms with Crippen molar-refractivity contribution >= 4 is 5.97 Å². The number of hydrogen-bond acceptors (Lipinski definition) is 2. The van der Waals surface area contributed by atoms with Gasteiger partial charge in [0.05, 0.1) is 5.92 Å². The van der Waals surface area contributed by atoms with E-state index in [1.54, 1.807) is 0 Å². The van der Waals surface area contributed by atoms with Crippen LogP contribution in [0.2, 0.25) is 0 Å². The molecular formula is C33H40O2. The fourth-order valence-corrected chi connectivity index (χ4v) is 4.60. The van der Waals surface area contributed by atoms with Gasteiger partial charge < -0.3 is 4.74 Å². The van der Waals surface area contributed by atoms with E-state index in [1.165, 1.54) is 38.5 Å². The van der Waals surface area contributed by atoms with Crippen LogP contribution in [0.15, 0.2) is 48.5 Å². The van der Waals surface area contributed by atoms with Crippen LogP contribution in [0, 0.1) is 35.5 Å². The number of benzene rings is 2. The topological polar surface area (TPSA) is 26.3 Å². The van der Waals surface area contributed by atoms with Crippen LogP contribution in [0.3, 0.4) is 0 Å². The van der Waals surface area contributed by atoms with Crippen LogP contribution in [0.25, 0.3) is 0 Å². The lowest BCUT2D eigenvalue weighted by Gasteiger charge is -2.27. The SMILES string of the molecule is CCCC#Cc1ccc(C#Cc2ccc(OC(=O)[C@H]3CC[C@H](CCCCCCC)CC3)cc2)cc1. The Morgan fingerprint density at radius 1 is 0.743 bits per heavy atom. The van der Waals surface area contributed by atoms with E-state index in [4.69, 9.17) is 4.74 Å². The first-order chi connectivity index (χ1) is 17.2. The smallest absolute Gasteiger partial charge is 0.314 e. The summed E-state index contributed by atoms with van der Waals surface area (Å²) >= 11 is 0. The molecule has 2 aromatic rings. The van der Waals surface area contributed by atoms with E-state index in [-0.39, 0.29) is 11.9 Å². The van der Waals surface area contributed by atoms with Crippen LogP contribution < -0.4 is 4.74 Å². The molecule has 3 rings (SSSR count). The van der Waals surface area contributed by atoms with Crippen molar-refractivity contribution in [3.63, 3.8) is 0 Å². The van der Waals surface area contributed by atoms with Gasteiger partial charge in [0.1, 0.15) is 5.75 Å². The highest BCUT2D eigenvalue weighted by Gasteiger charge is 2.27. The number of hydrogen-bond donors (Lipinski definition) is 0. The lowest BCUT2D eigenvalue weighted by molar-refractivity contribution is -0.140. The van der Waals surface area contributed by atoms with Crippen LogP contribution in [0.5, 0.6) is 5.75 Å². The summed E-state index contributed by atoms with van der Waals surface area (Å²) in [6.45, 7) is 4.39. The molecule has 1 fully saturated rings. The molecule has 35 heavy (non-hydrogen) atoms. The Morgan fingerprint density at radius 3 is 1.91 bits per heavy atom. The highest BCUT2D eigenvalue weighted by molar-refractivity contribution is 5.75. The second kappa shape index (κ2) is 15.1. The van der Waals surface area contributed by atoms with Crippen LogP contribution in [-0.2, 0) is 4.79 Å². The number of carbonyl (C=O) groups is 1. The molecule has 0 spiro atoms. The zero-order valence-corrected chi connectivity index (χ0v) is 21.6. The molecule has 2 heteroatoms. The lowest BCUT2D eigenvalue weighted by atomic mass is 9.80. The Labute approximate surface area is 212 Å². The maximum absolute atomic E-state index is 12.7. The molecule has 0 saturated heterocycles. The van der Waals surface area contributed by atoms with Crippen molar-refractivity contribution in [2.24, 2.45) is 11.8 Å². The average molecular weight is 469 g/mol. The molecule has 2 aromatic carbocycles. The number of esters is 1. The summed E-state index contributed by atoms with van der Waals surface area (Å²) in [6.07, 6.45) is 14.3. The quantitative estimate of drug-likeness (QED) is 0.160. The molecule has 2 nitrogen and oxygen atoms in total. The van der Waals surface area contributed by atoms with Gasteiger partial charge in [0.15, 0.2) is 0 Å². The van der Waals surface area contributed by atoms with E-state index in [0.717, 1.165) is 61.1 Å². The predicted molar refractivity (Wildman–Crippen MR) is 145 cm³/mol. The summed E-state index contributed by atoms with van der Waals surface area (Å²) in [6, 6.07) is 15.5. The maximum Gasteiger partial charge on any atom is 0.314 e. The van der Waals surface area contributed by atoms with Crippen LogP contribution in [0.1, 0.15) is 108 Å². The first kappa shape index (κ1) is 26.6. The first-order valence-electron chi connectivity index (χ1n) is 13.6. The van der Waals surface area contributed by atoms with Gasteiger partial charge in [0.2, 0.25) is 0 Å². The van der Waals surface area contributed by atoms with Crippen LogP contribution >= 0.6 is 0 Å². The molecule has 0 atom stereocenters. The largest absolute Gasteiger partial charge is 0.426 e. The molecule has 0 amide bonds. The summed E-state index contributed by atoms with van der Waals surface area (Å²) < 4.78 is 5.69. The summed E-state index contributed by atoms with van der Waals surface area (Å²) in [4.78, 5) is 12.7. The molecule has 1 aliphatic rings. The van der Waals surface area contributed by atoms with Crippen molar-refractivity contribution < 1.29 is 9.53 Å². The van der Waals surface area contributed by atoms with Gasteiger partial charge in [-0.05, 0) is 86.6 Å².